The van der Waals surface area contributed by atoms with Gasteiger partial charge in [0.1, 0.15) is 48.3 Å². The highest BCUT2D eigenvalue weighted by atomic mass is 16.4. The van der Waals surface area contributed by atoms with Gasteiger partial charge in [-0.3, -0.25) is 67.3 Å². The first kappa shape index (κ1) is 68.3. The van der Waals surface area contributed by atoms with Gasteiger partial charge in [0.05, 0.1) is 12.5 Å². The number of hydrogen-bond acceptors (Lipinski definition) is 15. The van der Waals surface area contributed by atoms with Crippen molar-refractivity contribution in [1.29, 1.82) is 0 Å². The minimum Gasteiger partial charge on any atom is -0.481 e. The Morgan fingerprint density at radius 2 is 0.684 bits per heavy atom. The molecule has 0 saturated heterocycles. The van der Waals surface area contributed by atoms with E-state index in [4.69, 9.17) is 39.5 Å². The number of carbonyl (C=O) groups excluding carboxylic acids is 11. The maximum Gasteiger partial charge on any atom is 0.325 e. The maximum atomic E-state index is 14.2. The van der Waals surface area contributed by atoms with E-state index >= 15 is 0 Å². The predicted octanol–water partition coefficient (Wildman–Crippen LogP) is -5.24. The van der Waals surface area contributed by atoms with Crippen LogP contribution in [-0.2, 0) is 62.3 Å². The van der Waals surface area contributed by atoms with Crippen LogP contribution < -0.4 is 76.9 Å². The van der Waals surface area contributed by atoms with Crippen molar-refractivity contribution in [2.45, 2.75) is 180 Å². The number of nitrogens with one attached hydrogen (secondary N) is 8. The van der Waals surface area contributed by atoms with E-state index in [0.29, 0.717) is 0 Å². The van der Waals surface area contributed by atoms with Crippen LogP contribution in [-0.4, -0.2) is 154 Å². The largest absolute Gasteiger partial charge is 0.481 e. The lowest BCUT2D eigenvalue weighted by molar-refractivity contribution is -0.142. The molecule has 0 aliphatic heterocycles. The number of nitrogens with zero attached hydrogens (tertiary/aromatic N) is 1. The van der Waals surface area contributed by atoms with Crippen LogP contribution in [0.5, 0.6) is 0 Å². The summed E-state index contributed by atoms with van der Waals surface area (Å²) in [5, 5.41) is 38.0. The Balaban J connectivity index is 6.86. The van der Waals surface area contributed by atoms with Crippen LogP contribution in [0.1, 0.15) is 126 Å². The van der Waals surface area contributed by atoms with Crippen LogP contribution >= 0.6 is 0 Å². The number of guanidine groups is 1. The van der Waals surface area contributed by atoms with Crippen LogP contribution in [0.4, 0.5) is 0 Å². The van der Waals surface area contributed by atoms with Gasteiger partial charge in [-0.25, -0.2) is 0 Å². The molecule has 0 aromatic heterocycles. The molecule has 9 atom stereocenters. The summed E-state index contributed by atoms with van der Waals surface area (Å²) in [4.78, 5) is 172. The molecule has 0 fully saturated rings. The first-order valence-electron chi connectivity index (χ1n) is 24.8. The fourth-order valence-corrected chi connectivity index (χ4v) is 7.12. The van der Waals surface area contributed by atoms with E-state index in [1.807, 2.05) is 0 Å². The summed E-state index contributed by atoms with van der Waals surface area (Å²) in [6.07, 6.45) is -3.43. The lowest BCUT2D eigenvalue weighted by atomic mass is 9.98. The van der Waals surface area contributed by atoms with Crippen LogP contribution in [0.3, 0.4) is 0 Å². The summed E-state index contributed by atoms with van der Waals surface area (Å²) in [6.45, 7) is 11.5. The quantitative estimate of drug-likeness (QED) is 0.0156. The first-order valence-corrected chi connectivity index (χ1v) is 24.8. The average molecular weight is 1080 g/mol. The standard InChI is InChI=1S/C46H81N15O15/c1-21(2)17-30(42(72)57-28(11-14-34(49)63)40(70)56-27(10-13-33(48)62)38(68)54-24(7)45(75)76)60-41(71)29(12-15-35(50)64)58-43(73)31(18-22(3)4)61-44(74)32(19-23(5)6)59-39(69)26(9-8-16-53-46(51)52)55-37(67)25(47)20-36(65)66/h21-32H,8-20,47H2,1-7H3,(H2,48,62)(H2,49,63)(H2,50,64)(H,54,68)(H,55,67)(H,56,70)(H,57,72)(H,58,73)(H,59,69)(H,60,71)(H,61,74)(H,65,66)(H,75,76)(H4,51,52,53)/t24-,25-,26-,27-,28-,29-,30-,31-,32-/m0/s1. The summed E-state index contributed by atoms with van der Waals surface area (Å²) in [5.41, 5.74) is 32.5. The highest BCUT2D eigenvalue weighted by Gasteiger charge is 2.36. The number of primary amides is 3. The second-order valence-electron chi connectivity index (χ2n) is 19.6. The molecule has 30 nitrogen and oxygen atoms in total. The van der Waals surface area contributed by atoms with Crippen molar-refractivity contribution in [2.24, 2.45) is 57.1 Å². The van der Waals surface area contributed by atoms with E-state index in [-0.39, 0.29) is 62.4 Å². The lowest BCUT2D eigenvalue weighted by Gasteiger charge is -2.29. The molecule has 30 heteroatoms. The topological polar surface area (TPSA) is 527 Å². The smallest absolute Gasteiger partial charge is 0.325 e. The van der Waals surface area contributed by atoms with Gasteiger partial charge in [-0.2, -0.15) is 0 Å². The Bertz CT molecular complexity index is 2080. The normalized spacial score (nSPS) is 14.6. The number of rotatable bonds is 38. The number of aliphatic carboxylic acids is 2. The molecule has 430 valence electrons. The second kappa shape index (κ2) is 34.8. The van der Waals surface area contributed by atoms with Crippen molar-refractivity contribution >= 4 is 82.9 Å². The third-order valence-corrected chi connectivity index (χ3v) is 11.0. The summed E-state index contributed by atoms with van der Waals surface area (Å²) < 4.78 is 0. The van der Waals surface area contributed by atoms with Gasteiger partial charge in [0.25, 0.3) is 0 Å². The molecule has 0 aromatic carbocycles. The summed E-state index contributed by atoms with van der Waals surface area (Å²) in [7, 11) is 0. The van der Waals surface area contributed by atoms with Gasteiger partial charge in [0.2, 0.25) is 65.0 Å². The zero-order valence-electron chi connectivity index (χ0n) is 44.2. The van der Waals surface area contributed by atoms with Gasteiger partial charge in [-0.15, -0.1) is 0 Å². The molecule has 76 heavy (non-hydrogen) atoms. The van der Waals surface area contributed by atoms with Crippen LogP contribution in [0.15, 0.2) is 4.99 Å². The molecule has 0 aliphatic rings. The van der Waals surface area contributed by atoms with Crippen molar-refractivity contribution in [2.75, 3.05) is 6.54 Å². The number of carboxylic acids is 2. The van der Waals surface area contributed by atoms with Crippen LogP contribution in [0.2, 0.25) is 0 Å². The second-order valence-corrected chi connectivity index (χ2v) is 19.6. The van der Waals surface area contributed by atoms with Crippen molar-refractivity contribution in [3.63, 3.8) is 0 Å². The molecule has 0 unspecified atom stereocenters. The molecule has 22 N–H and O–H groups in total. The van der Waals surface area contributed by atoms with Crippen LogP contribution in [0, 0.1) is 17.8 Å². The fraction of sp³-hybridized carbons (Fsp3) is 0.696. The maximum absolute atomic E-state index is 14.2. The van der Waals surface area contributed by atoms with Gasteiger partial charge < -0.3 is 87.1 Å². The number of hydrogen-bond donors (Lipinski definition) is 16. The van der Waals surface area contributed by atoms with Gasteiger partial charge >= 0.3 is 11.9 Å². The Labute approximate surface area is 440 Å². The predicted molar refractivity (Wildman–Crippen MR) is 273 cm³/mol. The van der Waals surface area contributed by atoms with E-state index in [1.54, 1.807) is 41.5 Å². The zero-order chi connectivity index (χ0) is 58.6. The first-order chi connectivity index (χ1) is 35.2. The summed E-state index contributed by atoms with van der Waals surface area (Å²) in [5.74, 6) is -14.2. The summed E-state index contributed by atoms with van der Waals surface area (Å²) >= 11 is 0. The molecular weight excluding hydrogens is 1000 g/mol. The Morgan fingerprint density at radius 1 is 0.408 bits per heavy atom. The highest BCUT2D eigenvalue weighted by molar-refractivity contribution is 5.98. The molecule has 0 rings (SSSR count). The number of carboxylic acid groups (broad SMARTS) is 2. The molecule has 0 aliphatic carbocycles. The average Bonchev–Trinajstić information content (AvgIpc) is 3.29. The molecular formula is C46H81N15O15. The molecule has 0 aromatic rings. The fourth-order valence-electron chi connectivity index (χ4n) is 7.12. The summed E-state index contributed by atoms with van der Waals surface area (Å²) in [6, 6.07) is -13.3. The SMILES string of the molecule is CC(C)C[C@H](NC(=O)[C@H](CCC(N)=O)NC(=O)[C@H](CC(C)C)NC(=O)[C@H](CC(C)C)NC(=O)[C@H](CCCN=C(N)N)NC(=O)[C@@H](N)CC(=O)O)C(=O)N[C@@H](CCC(N)=O)C(=O)N[C@@H](CCC(N)=O)C(=O)N[C@@H](C)C(=O)O. The van der Waals surface area contributed by atoms with Gasteiger partial charge in [-0.1, -0.05) is 41.5 Å². The number of nitrogens with two attached hydrogens (primary N) is 6. The molecule has 0 bridgehead atoms. The monoisotopic (exact) mass is 1080 g/mol. The van der Waals surface area contributed by atoms with E-state index in [0.717, 1.165) is 6.92 Å². The van der Waals surface area contributed by atoms with Crippen molar-refractivity contribution in [3.05, 3.63) is 0 Å². The van der Waals surface area contributed by atoms with E-state index < -0.39 is 176 Å². The highest BCUT2D eigenvalue weighted by Crippen LogP contribution is 2.13. The molecule has 0 spiro atoms. The van der Waals surface area contributed by atoms with E-state index in [9.17, 15) is 67.4 Å². The van der Waals surface area contributed by atoms with Gasteiger partial charge in [-0.05, 0) is 76.0 Å². The van der Waals surface area contributed by atoms with Crippen molar-refractivity contribution in [1.82, 2.24) is 42.5 Å². The molecule has 11 amide bonds. The lowest BCUT2D eigenvalue weighted by Crippen LogP contribution is -2.60. The number of aliphatic imine (C=N–C) groups is 1. The van der Waals surface area contributed by atoms with Crippen molar-refractivity contribution < 1.29 is 72.5 Å². The molecule has 0 heterocycles. The zero-order valence-corrected chi connectivity index (χ0v) is 44.2. The minimum atomic E-state index is -1.62. The Kier molecular flexibility index (Phi) is 31.3. The third-order valence-electron chi connectivity index (χ3n) is 11.0. The van der Waals surface area contributed by atoms with Crippen LogP contribution in [0.25, 0.3) is 0 Å². The van der Waals surface area contributed by atoms with E-state index in [2.05, 4.69) is 47.5 Å². The van der Waals surface area contributed by atoms with Gasteiger partial charge in [0, 0.05) is 25.8 Å². The molecule has 0 saturated carbocycles. The van der Waals surface area contributed by atoms with E-state index in [1.165, 1.54) is 0 Å². The van der Waals surface area contributed by atoms with Gasteiger partial charge in [0.15, 0.2) is 5.96 Å². The van der Waals surface area contributed by atoms with Crippen molar-refractivity contribution in [3.8, 4) is 0 Å². The third kappa shape index (κ3) is 29.3. The Hall–Kier alpha value is -7.66. The molecule has 0 radical (unpaired) electrons. The minimum absolute atomic E-state index is 0.00601. The Morgan fingerprint density at radius 3 is 0.961 bits per heavy atom. The number of carbonyl (C=O) groups is 13. The number of amides is 11.